The number of hydrogen-bond acceptors (Lipinski definition) is 5. The third-order valence-electron chi connectivity index (χ3n) is 2.52. The molecule has 18 heavy (non-hydrogen) atoms. The van der Waals surface area contributed by atoms with Crippen molar-refractivity contribution in [3.05, 3.63) is 38.9 Å². The van der Waals surface area contributed by atoms with Gasteiger partial charge in [0.2, 0.25) is 5.95 Å². The van der Waals surface area contributed by atoms with Gasteiger partial charge in [-0.05, 0) is 34.1 Å². The zero-order valence-electron chi connectivity index (χ0n) is 8.87. The number of nitrogens with zero attached hydrogens (tertiary/aromatic N) is 3. The molecular weight excluding hydrogens is 320 g/mol. The molecule has 6 nitrogen and oxygen atoms in total. The number of anilines is 1. The highest BCUT2D eigenvalue weighted by molar-refractivity contribution is 9.11. The van der Waals surface area contributed by atoms with Crippen LogP contribution in [0.5, 0.6) is 0 Å². The molecule has 8 heteroatoms. The number of fused-ring (bicyclic) bond motifs is 1. The van der Waals surface area contributed by atoms with Gasteiger partial charge in [-0.15, -0.1) is 11.3 Å². The largest absolute Gasteiger partial charge is 0.477 e. The monoisotopic (exact) mass is 326 g/mol. The highest BCUT2D eigenvalue weighted by atomic mass is 79.9. The van der Waals surface area contributed by atoms with E-state index in [1.165, 1.54) is 17.7 Å². The van der Waals surface area contributed by atoms with Crippen LogP contribution in [0, 0.1) is 0 Å². The third-order valence-corrected chi connectivity index (χ3v) is 4.22. The van der Waals surface area contributed by atoms with E-state index in [1.807, 2.05) is 12.1 Å². The molecule has 1 aliphatic rings. The summed E-state index contributed by atoms with van der Waals surface area (Å²) in [6.45, 7) is 0. The fourth-order valence-electron chi connectivity index (χ4n) is 1.75. The lowest BCUT2D eigenvalue weighted by Gasteiger charge is -2.21. The quantitative estimate of drug-likeness (QED) is 0.883. The number of aromatic nitrogens is 3. The molecule has 1 unspecified atom stereocenters. The molecule has 0 bridgehead atoms. The van der Waals surface area contributed by atoms with E-state index in [0.29, 0.717) is 5.95 Å². The first-order valence-corrected chi connectivity index (χ1v) is 6.63. The van der Waals surface area contributed by atoms with Crippen molar-refractivity contribution < 1.29 is 9.90 Å². The third kappa shape index (κ3) is 1.83. The molecule has 0 saturated heterocycles. The molecule has 2 aromatic heterocycles. The van der Waals surface area contributed by atoms with E-state index in [0.717, 1.165) is 8.66 Å². The van der Waals surface area contributed by atoms with Crippen molar-refractivity contribution in [1.82, 2.24) is 14.8 Å². The maximum Gasteiger partial charge on any atom is 0.352 e. The second-order valence-corrected chi connectivity index (χ2v) is 6.12. The molecule has 0 radical (unpaired) electrons. The Balaban J connectivity index is 2.10. The number of thiophene rings is 1. The SMILES string of the molecule is O=C(O)C1=CC(c2ccc(Br)s2)n2ncnc2N1. The highest BCUT2D eigenvalue weighted by Crippen LogP contribution is 2.34. The van der Waals surface area contributed by atoms with E-state index in [2.05, 4.69) is 31.3 Å². The number of carboxylic acid groups (broad SMARTS) is 1. The highest BCUT2D eigenvalue weighted by Gasteiger charge is 2.26. The van der Waals surface area contributed by atoms with E-state index in [1.54, 1.807) is 10.8 Å². The summed E-state index contributed by atoms with van der Waals surface area (Å²) in [5, 5.41) is 15.9. The number of halogens is 1. The van der Waals surface area contributed by atoms with Crippen molar-refractivity contribution in [1.29, 1.82) is 0 Å². The van der Waals surface area contributed by atoms with Crippen molar-refractivity contribution in [3.63, 3.8) is 0 Å². The fraction of sp³-hybridized carbons (Fsp3) is 0.100. The standard InChI is InChI=1S/C10H7BrN4O2S/c11-8-2-1-7(18-8)6-3-5(9(16)17)14-10-12-4-13-15(6)10/h1-4,6H,(H,16,17)(H,12,13,14). The van der Waals surface area contributed by atoms with Crippen LogP contribution in [0.2, 0.25) is 0 Å². The van der Waals surface area contributed by atoms with Crippen molar-refractivity contribution in [2.75, 3.05) is 5.32 Å². The number of carboxylic acids is 1. The lowest BCUT2D eigenvalue weighted by Crippen LogP contribution is -2.23. The van der Waals surface area contributed by atoms with Gasteiger partial charge in [0.05, 0.1) is 3.79 Å². The summed E-state index contributed by atoms with van der Waals surface area (Å²) in [7, 11) is 0. The Bertz CT molecular complexity index is 648. The van der Waals surface area contributed by atoms with Crippen molar-refractivity contribution in [3.8, 4) is 0 Å². The van der Waals surface area contributed by atoms with Gasteiger partial charge < -0.3 is 10.4 Å². The molecule has 1 aliphatic heterocycles. The Hall–Kier alpha value is -1.67. The van der Waals surface area contributed by atoms with Gasteiger partial charge in [0.25, 0.3) is 0 Å². The second-order valence-electron chi connectivity index (χ2n) is 3.63. The molecule has 1 atom stereocenters. The molecule has 0 fully saturated rings. The Morgan fingerprint density at radius 1 is 1.56 bits per heavy atom. The summed E-state index contributed by atoms with van der Waals surface area (Å²) in [5.74, 6) is -0.575. The van der Waals surface area contributed by atoms with Crippen LogP contribution in [-0.2, 0) is 4.79 Å². The molecule has 0 aliphatic carbocycles. The fourth-order valence-corrected chi connectivity index (χ4v) is 3.23. The van der Waals surface area contributed by atoms with Crippen LogP contribution in [0.4, 0.5) is 5.95 Å². The van der Waals surface area contributed by atoms with E-state index < -0.39 is 5.97 Å². The molecule has 0 spiro atoms. The van der Waals surface area contributed by atoms with Gasteiger partial charge in [-0.3, -0.25) is 0 Å². The molecule has 2 N–H and O–H groups in total. The summed E-state index contributed by atoms with van der Waals surface area (Å²) in [5.41, 5.74) is 0.116. The van der Waals surface area contributed by atoms with Crippen LogP contribution in [0.15, 0.2) is 34.0 Å². The average Bonchev–Trinajstić information content (AvgIpc) is 2.95. The molecule has 3 heterocycles. The summed E-state index contributed by atoms with van der Waals surface area (Å²) in [6, 6.07) is 3.62. The molecule has 3 rings (SSSR count). The lowest BCUT2D eigenvalue weighted by molar-refractivity contribution is -0.132. The van der Waals surface area contributed by atoms with E-state index in [9.17, 15) is 4.79 Å². The number of allylic oxidation sites excluding steroid dienone is 1. The van der Waals surface area contributed by atoms with Crippen LogP contribution in [-0.4, -0.2) is 25.8 Å². The predicted octanol–water partition coefficient (Wildman–Crippen LogP) is 2.09. The van der Waals surface area contributed by atoms with Crippen LogP contribution in [0.1, 0.15) is 10.9 Å². The van der Waals surface area contributed by atoms with Gasteiger partial charge in [-0.1, -0.05) is 0 Å². The van der Waals surface area contributed by atoms with Gasteiger partial charge in [0.15, 0.2) is 0 Å². The van der Waals surface area contributed by atoms with Crippen molar-refractivity contribution in [2.45, 2.75) is 6.04 Å². The topological polar surface area (TPSA) is 80.0 Å². The first-order chi connectivity index (χ1) is 8.65. The smallest absolute Gasteiger partial charge is 0.352 e. The Morgan fingerprint density at radius 2 is 2.39 bits per heavy atom. The predicted molar refractivity (Wildman–Crippen MR) is 69.5 cm³/mol. The number of aliphatic carboxylic acids is 1. The maximum absolute atomic E-state index is 11.1. The summed E-state index contributed by atoms with van der Waals surface area (Å²) in [4.78, 5) is 16.1. The summed E-state index contributed by atoms with van der Waals surface area (Å²) in [6.07, 6.45) is 3.03. The molecule has 2 aromatic rings. The van der Waals surface area contributed by atoms with Gasteiger partial charge in [0, 0.05) is 4.88 Å². The van der Waals surface area contributed by atoms with E-state index in [-0.39, 0.29) is 11.7 Å². The number of nitrogens with one attached hydrogen (secondary N) is 1. The zero-order chi connectivity index (χ0) is 12.7. The number of carbonyl (C=O) groups is 1. The summed E-state index contributed by atoms with van der Waals surface area (Å²) < 4.78 is 2.65. The van der Waals surface area contributed by atoms with E-state index >= 15 is 0 Å². The Kier molecular flexibility index (Phi) is 2.67. The zero-order valence-corrected chi connectivity index (χ0v) is 11.3. The first-order valence-electron chi connectivity index (χ1n) is 5.02. The van der Waals surface area contributed by atoms with Crippen molar-refractivity contribution in [2.24, 2.45) is 0 Å². The average molecular weight is 327 g/mol. The van der Waals surface area contributed by atoms with Gasteiger partial charge >= 0.3 is 5.97 Å². The molecular formula is C10H7BrN4O2S. The molecule has 92 valence electrons. The van der Waals surface area contributed by atoms with Gasteiger partial charge in [0.1, 0.15) is 18.1 Å². The lowest BCUT2D eigenvalue weighted by atomic mass is 10.2. The Morgan fingerprint density at radius 3 is 3.06 bits per heavy atom. The number of hydrogen-bond donors (Lipinski definition) is 2. The maximum atomic E-state index is 11.1. The van der Waals surface area contributed by atoms with Crippen LogP contribution in [0.3, 0.4) is 0 Å². The first kappa shape index (κ1) is 11.4. The molecule has 0 aromatic carbocycles. The normalized spacial score (nSPS) is 17.8. The van der Waals surface area contributed by atoms with Gasteiger partial charge in [-0.2, -0.15) is 10.1 Å². The second kappa shape index (κ2) is 4.21. The minimum absolute atomic E-state index is 0.116. The van der Waals surface area contributed by atoms with Crippen LogP contribution >= 0.6 is 27.3 Å². The minimum atomic E-state index is -1.01. The molecule has 0 saturated carbocycles. The van der Waals surface area contributed by atoms with E-state index in [4.69, 9.17) is 5.11 Å². The van der Waals surface area contributed by atoms with Crippen LogP contribution < -0.4 is 5.32 Å². The van der Waals surface area contributed by atoms with Crippen molar-refractivity contribution >= 4 is 39.2 Å². The minimum Gasteiger partial charge on any atom is -0.477 e. The number of rotatable bonds is 2. The van der Waals surface area contributed by atoms with Gasteiger partial charge in [-0.25, -0.2) is 9.48 Å². The molecule has 0 amide bonds. The Labute approximate surface area is 114 Å². The summed E-state index contributed by atoms with van der Waals surface area (Å²) >= 11 is 4.93. The van der Waals surface area contributed by atoms with Crippen LogP contribution in [0.25, 0.3) is 0 Å².